The summed E-state index contributed by atoms with van der Waals surface area (Å²) < 4.78 is 34.5. The van der Waals surface area contributed by atoms with E-state index < -0.39 is 25.6 Å². The van der Waals surface area contributed by atoms with Crippen LogP contribution in [-0.2, 0) is 26.4 Å². The average Bonchev–Trinajstić information content (AvgIpc) is 2.49. The van der Waals surface area contributed by atoms with Gasteiger partial charge < -0.3 is 5.32 Å². The fourth-order valence-corrected chi connectivity index (χ4v) is 3.72. The summed E-state index contributed by atoms with van der Waals surface area (Å²) in [4.78, 5) is 10.5. The van der Waals surface area contributed by atoms with Crippen molar-refractivity contribution in [3.05, 3.63) is 57.1 Å². The predicted octanol–water partition coefficient (Wildman–Crippen LogP) is 3.27. The standard InChI is InChI=1S/C15H15ClN2O5S2/c1-24(21)9-10-7-11(3-5-13(10)16)17-14-6-4-12(25(2,22)23)8-15(14)18(19)20/h3-8,17H,9H2,1-2H3. The van der Waals surface area contributed by atoms with Crippen LogP contribution in [0, 0.1) is 10.1 Å². The average molecular weight is 403 g/mol. The molecule has 0 aliphatic carbocycles. The summed E-state index contributed by atoms with van der Waals surface area (Å²) in [5.74, 6) is 0.253. The highest BCUT2D eigenvalue weighted by molar-refractivity contribution is 7.90. The van der Waals surface area contributed by atoms with Crippen LogP contribution in [0.5, 0.6) is 0 Å². The molecule has 2 rings (SSSR count). The van der Waals surface area contributed by atoms with Crippen LogP contribution >= 0.6 is 11.6 Å². The van der Waals surface area contributed by atoms with Crippen LogP contribution in [0.2, 0.25) is 5.02 Å². The van der Waals surface area contributed by atoms with E-state index in [1.807, 2.05) is 0 Å². The van der Waals surface area contributed by atoms with Crippen LogP contribution in [0.3, 0.4) is 0 Å². The SMILES string of the molecule is CS(=O)Cc1cc(Nc2ccc(S(C)(=O)=O)cc2[N+](=O)[O-])ccc1Cl. The number of nitro benzene ring substituents is 1. The van der Waals surface area contributed by atoms with Gasteiger partial charge in [-0.25, -0.2) is 8.42 Å². The van der Waals surface area contributed by atoms with Crippen LogP contribution in [-0.4, -0.2) is 30.1 Å². The molecule has 1 atom stereocenters. The molecule has 0 saturated carbocycles. The molecule has 1 unspecified atom stereocenters. The highest BCUT2D eigenvalue weighted by Crippen LogP contribution is 2.31. The van der Waals surface area contributed by atoms with Crippen molar-refractivity contribution in [3.63, 3.8) is 0 Å². The number of rotatable bonds is 6. The molecule has 25 heavy (non-hydrogen) atoms. The number of benzene rings is 2. The van der Waals surface area contributed by atoms with Crippen molar-refractivity contribution in [1.29, 1.82) is 0 Å². The zero-order valence-corrected chi connectivity index (χ0v) is 15.7. The van der Waals surface area contributed by atoms with Crippen LogP contribution < -0.4 is 5.32 Å². The minimum absolute atomic E-state index is 0.136. The van der Waals surface area contributed by atoms with Gasteiger partial charge in [0.25, 0.3) is 5.69 Å². The predicted molar refractivity (Wildman–Crippen MR) is 98.7 cm³/mol. The number of nitrogens with one attached hydrogen (secondary N) is 1. The molecule has 0 amide bonds. The van der Waals surface area contributed by atoms with Gasteiger partial charge in [-0.1, -0.05) is 11.6 Å². The lowest BCUT2D eigenvalue weighted by Crippen LogP contribution is -2.02. The summed E-state index contributed by atoms with van der Waals surface area (Å²) in [5, 5.41) is 14.6. The fourth-order valence-electron chi connectivity index (χ4n) is 2.14. The quantitative estimate of drug-likeness (QED) is 0.587. The lowest BCUT2D eigenvalue weighted by molar-refractivity contribution is -0.384. The molecule has 134 valence electrons. The van der Waals surface area contributed by atoms with Gasteiger partial charge in [0.2, 0.25) is 0 Å². The number of nitrogens with zero attached hydrogens (tertiary/aromatic N) is 1. The van der Waals surface area contributed by atoms with Crippen molar-refractivity contribution >= 4 is 49.3 Å². The Balaban J connectivity index is 2.43. The van der Waals surface area contributed by atoms with E-state index in [1.165, 1.54) is 12.1 Å². The zero-order chi connectivity index (χ0) is 18.8. The summed E-state index contributed by atoms with van der Waals surface area (Å²) in [6, 6.07) is 8.51. The molecule has 0 heterocycles. The molecule has 0 aliphatic rings. The summed E-state index contributed by atoms with van der Waals surface area (Å²) >= 11 is 6.06. The minimum Gasteiger partial charge on any atom is -0.350 e. The molecular formula is C15H15ClN2O5S2. The Bertz CT molecular complexity index is 960. The highest BCUT2D eigenvalue weighted by Gasteiger charge is 2.19. The number of sulfone groups is 1. The second kappa shape index (κ2) is 7.51. The summed E-state index contributed by atoms with van der Waals surface area (Å²) in [5.41, 5.74) is 0.935. The smallest absolute Gasteiger partial charge is 0.293 e. The third kappa shape index (κ3) is 5.00. The van der Waals surface area contributed by atoms with E-state index in [9.17, 15) is 22.7 Å². The van der Waals surface area contributed by atoms with E-state index in [-0.39, 0.29) is 22.0 Å². The number of halogens is 1. The molecule has 0 fully saturated rings. The van der Waals surface area contributed by atoms with Crippen LogP contribution in [0.4, 0.5) is 17.1 Å². The van der Waals surface area contributed by atoms with Crippen molar-refractivity contribution in [2.75, 3.05) is 17.8 Å². The normalized spacial score (nSPS) is 12.6. The Labute approximate surface area is 152 Å². The maximum Gasteiger partial charge on any atom is 0.293 e. The Morgan fingerprint density at radius 2 is 1.92 bits per heavy atom. The zero-order valence-electron chi connectivity index (χ0n) is 13.4. The van der Waals surface area contributed by atoms with Crippen LogP contribution in [0.15, 0.2) is 41.3 Å². The van der Waals surface area contributed by atoms with E-state index in [4.69, 9.17) is 11.6 Å². The first kappa shape index (κ1) is 19.4. The lowest BCUT2D eigenvalue weighted by atomic mass is 10.2. The van der Waals surface area contributed by atoms with E-state index in [1.54, 1.807) is 24.5 Å². The van der Waals surface area contributed by atoms with E-state index in [2.05, 4.69) is 5.32 Å². The second-order valence-electron chi connectivity index (χ2n) is 5.36. The number of hydrogen-bond donors (Lipinski definition) is 1. The molecule has 2 aromatic carbocycles. The monoisotopic (exact) mass is 402 g/mol. The summed E-state index contributed by atoms with van der Waals surface area (Å²) in [6.45, 7) is 0. The van der Waals surface area contributed by atoms with Crippen molar-refractivity contribution < 1.29 is 17.6 Å². The number of anilines is 2. The molecule has 10 heteroatoms. The van der Waals surface area contributed by atoms with E-state index >= 15 is 0 Å². The topological polar surface area (TPSA) is 106 Å². The van der Waals surface area contributed by atoms with Crippen LogP contribution in [0.25, 0.3) is 0 Å². The molecule has 7 nitrogen and oxygen atoms in total. The summed E-state index contributed by atoms with van der Waals surface area (Å²) in [6.07, 6.45) is 2.53. The van der Waals surface area contributed by atoms with E-state index in [0.29, 0.717) is 16.3 Å². The molecule has 0 bridgehead atoms. The van der Waals surface area contributed by atoms with Crippen molar-refractivity contribution in [2.24, 2.45) is 0 Å². The molecular weight excluding hydrogens is 388 g/mol. The van der Waals surface area contributed by atoms with Gasteiger partial charge in [0.15, 0.2) is 9.84 Å². The first-order valence-electron chi connectivity index (χ1n) is 6.92. The van der Waals surface area contributed by atoms with Gasteiger partial charge in [0.05, 0.1) is 9.82 Å². The molecule has 0 aromatic heterocycles. The third-order valence-electron chi connectivity index (χ3n) is 3.28. The maximum atomic E-state index is 11.6. The molecule has 0 spiro atoms. The largest absolute Gasteiger partial charge is 0.350 e. The first-order chi connectivity index (χ1) is 11.6. The first-order valence-corrected chi connectivity index (χ1v) is 10.9. The highest BCUT2D eigenvalue weighted by atomic mass is 35.5. The molecule has 0 radical (unpaired) electrons. The molecule has 2 aromatic rings. The van der Waals surface area contributed by atoms with E-state index in [0.717, 1.165) is 12.3 Å². The second-order valence-corrected chi connectivity index (χ2v) is 9.21. The van der Waals surface area contributed by atoms with Crippen molar-refractivity contribution in [2.45, 2.75) is 10.6 Å². The van der Waals surface area contributed by atoms with Crippen LogP contribution in [0.1, 0.15) is 5.56 Å². The third-order valence-corrected chi connectivity index (χ3v) is 5.47. The Kier molecular flexibility index (Phi) is 5.81. The van der Waals surface area contributed by atoms with Gasteiger partial charge in [-0.3, -0.25) is 14.3 Å². The van der Waals surface area contributed by atoms with Gasteiger partial charge in [-0.2, -0.15) is 0 Å². The van der Waals surface area contributed by atoms with Gasteiger partial charge in [-0.05, 0) is 35.9 Å². The van der Waals surface area contributed by atoms with Gasteiger partial charge >= 0.3 is 0 Å². The molecule has 1 N–H and O–H groups in total. The Hall–Kier alpha value is -1.97. The lowest BCUT2D eigenvalue weighted by Gasteiger charge is -2.11. The van der Waals surface area contributed by atoms with Crippen molar-refractivity contribution in [1.82, 2.24) is 0 Å². The van der Waals surface area contributed by atoms with Crippen molar-refractivity contribution in [3.8, 4) is 0 Å². The summed E-state index contributed by atoms with van der Waals surface area (Å²) in [7, 11) is -4.65. The Morgan fingerprint density at radius 1 is 1.24 bits per heavy atom. The number of nitro groups is 1. The number of hydrogen-bond acceptors (Lipinski definition) is 6. The van der Waals surface area contributed by atoms with Gasteiger partial charge in [0.1, 0.15) is 5.69 Å². The van der Waals surface area contributed by atoms with Gasteiger partial charge in [-0.15, -0.1) is 0 Å². The van der Waals surface area contributed by atoms with Gasteiger partial charge in [0, 0.05) is 45.8 Å². The molecule has 0 aliphatic heterocycles. The minimum atomic E-state index is -3.56. The maximum absolute atomic E-state index is 11.6. The fraction of sp³-hybridized carbons (Fsp3) is 0.200. The molecule has 0 saturated heterocycles. The Morgan fingerprint density at radius 3 is 2.48 bits per heavy atom.